The summed E-state index contributed by atoms with van der Waals surface area (Å²) < 4.78 is 16.5. The van der Waals surface area contributed by atoms with E-state index in [2.05, 4.69) is 4.98 Å². The fourth-order valence-corrected chi connectivity index (χ4v) is 2.38. The topological polar surface area (TPSA) is 85.3 Å². The number of rotatable bonds is 6. The Hall–Kier alpha value is -3.59. The number of aryl methyl sites for hydroxylation is 1. The number of oxazole rings is 1. The minimum Gasteiger partial charge on any atom is -0.479 e. The molecule has 27 heavy (non-hydrogen) atoms. The van der Waals surface area contributed by atoms with Gasteiger partial charge in [-0.15, -0.1) is 0 Å². The average molecular weight is 362 g/mol. The van der Waals surface area contributed by atoms with Gasteiger partial charge in [-0.2, -0.15) is 5.26 Å². The van der Waals surface area contributed by atoms with Gasteiger partial charge in [-0.1, -0.05) is 18.2 Å². The van der Waals surface area contributed by atoms with Gasteiger partial charge in [0.2, 0.25) is 5.89 Å². The molecule has 2 aromatic carbocycles. The third-order valence-corrected chi connectivity index (χ3v) is 3.89. The van der Waals surface area contributed by atoms with Crippen LogP contribution in [0.1, 0.15) is 23.9 Å². The van der Waals surface area contributed by atoms with Crippen LogP contribution >= 0.6 is 0 Å². The van der Waals surface area contributed by atoms with E-state index in [9.17, 15) is 4.79 Å². The van der Waals surface area contributed by atoms with Crippen molar-refractivity contribution in [1.29, 1.82) is 5.26 Å². The lowest BCUT2D eigenvalue weighted by Gasteiger charge is -2.13. The lowest BCUT2D eigenvalue weighted by Crippen LogP contribution is -2.26. The summed E-state index contributed by atoms with van der Waals surface area (Å²) in [5, 5.41) is 8.80. The van der Waals surface area contributed by atoms with Crippen molar-refractivity contribution in [3.05, 3.63) is 71.6 Å². The summed E-state index contributed by atoms with van der Waals surface area (Å²) in [5.74, 6) is 1.06. The molecule has 136 valence electrons. The fourth-order valence-electron chi connectivity index (χ4n) is 2.38. The van der Waals surface area contributed by atoms with Gasteiger partial charge in [-0.05, 0) is 50.2 Å². The van der Waals surface area contributed by atoms with Crippen molar-refractivity contribution in [2.45, 2.75) is 26.6 Å². The van der Waals surface area contributed by atoms with Crippen molar-refractivity contribution < 1.29 is 18.7 Å². The van der Waals surface area contributed by atoms with E-state index < -0.39 is 12.1 Å². The van der Waals surface area contributed by atoms with Gasteiger partial charge in [0.1, 0.15) is 23.8 Å². The van der Waals surface area contributed by atoms with Gasteiger partial charge in [0.05, 0.1) is 11.6 Å². The van der Waals surface area contributed by atoms with Gasteiger partial charge >= 0.3 is 5.97 Å². The zero-order valence-corrected chi connectivity index (χ0v) is 15.0. The summed E-state index contributed by atoms with van der Waals surface area (Å²) in [6, 6.07) is 18.0. The second-order valence-electron chi connectivity index (χ2n) is 5.89. The summed E-state index contributed by atoms with van der Waals surface area (Å²) in [7, 11) is 0. The average Bonchev–Trinajstić information content (AvgIpc) is 3.08. The summed E-state index contributed by atoms with van der Waals surface area (Å²) in [5.41, 5.74) is 1.94. The van der Waals surface area contributed by atoms with Crippen LogP contribution < -0.4 is 4.74 Å². The lowest BCUT2D eigenvalue weighted by molar-refractivity contribution is -0.152. The van der Waals surface area contributed by atoms with Crippen LogP contribution in [0.25, 0.3) is 11.5 Å². The van der Waals surface area contributed by atoms with Crippen molar-refractivity contribution in [2.24, 2.45) is 0 Å². The molecule has 6 nitrogen and oxygen atoms in total. The third kappa shape index (κ3) is 4.53. The highest BCUT2D eigenvalue weighted by atomic mass is 16.6. The van der Waals surface area contributed by atoms with E-state index in [-0.39, 0.29) is 6.61 Å². The Bertz CT molecular complexity index is 956. The maximum atomic E-state index is 12.2. The standard InChI is InChI=1S/C21H18N2O4/c1-14-19(23-20(27-14)17-6-4-3-5-7-17)13-25-21(24)15(2)26-18-10-8-16(12-22)9-11-18/h3-11,15H,13H2,1-2H3. The number of carbonyl (C=O) groups excluding carboxylic acids is 1. The van der Waals surface area contributed by atoms with Crippen molar-refractivity contribution in [1.82, 2.24) is 4.98 Å². The smallest absolute Gasteiger partial charge is 0.347 e. The van der Waals surface area contributed by atoms with E-state index in [1.807, 2.05) is 36.4 Å². The quantitative estimate of drug-likeness (QED) is 0.615. The zero-order chi connectivity index (χ0) is 19.2. The third-order valence-electron chi connectivity index (χ3n) is 3.89. The van der Waals surface area contributed by atoms with Gasteiger partial charge in [-0.25, -0.2) is 9.78 Å². The molecule has 0 radical (unpaired) electrons. The first-order chi connectivity index (χ1) is 13.1. The van der Waals surface area contributed by atoms with E-state index in [1.54, 1.807) is 38.1 Å². The van der Waals surface area contributed by atoms with E-state index in [0.717, 1.165) is 5.56 Å². The van der Waals surface area contributed by atoms with Crippen LogP contribution in [0.2, 0.25) is 0 Å². The molecule has 3 aromatic rings. The van der Waals surface area contributed by atoms with Gasteiger partial charge in [-0.3, -0.25) is 0 Å². The molecule has 0 N–H and O–H groups in total. The molecule has 0 aliphatic carbocycles. The molecule has 1 heterocycles. The molecule has 1 unspecified atom stereocenters. The Morgan fingerprint density at radius 2 is 1.89 bits per heavy atom. The first-order valence-electron chi connectivity index (χ1n) is 8.42. The molecule has 0 aliphatic rings. The first-order valence-corrected chi connectivity index (χ1v) is 8.42. The fraction of sp³-hybridized carbons (Fsp3) is 0.190. The van der Waals surface area contributed by atoms with Crippen molar-refractivity contribution >= 4 is 5.97 Å². The number of carbonyl (C=O) groups is 1. The SMILES string of the molecule is Cc1oc(-c2ccccc2)nc1COC(=O)C(C)Oc1ccc(C#N)cc1. The number of ether oxygens (including phenoxy) is 2. The van der Waals surface area contributed by atoms with Gasteiger partial charge in [0.25, 0.3) is 0 Å². The number of esters is 1. The summed E-state index contributed by atoms with van der Waals surface area (Å²) >= 11 is 0. The summed E-state index contributed by atoms with van der Waals surface area (Å²) in [6.45, 7) is 3.38. The van der Waals surface area contributed by atoms with E-state index in [1.165, 1.54) is 0 Å². The molecule has 0 amide bonds. The molecule has 0 aliphatic heterocycles. The number of hydrogen-bond acceptors (Lipinski definition) is 6. The molecule has 1 aromatic heterocycles. The Morgan fingerprint density at radius 3 is 2.56 bits per heavy atom. The Morgan fingerprint density at radius 1 is 1.19 bits per heavy atom. The highest BCUT2D eigenvalue weighted by molar-refractivity contribution is 5.74. The van der Waals surface area contributed by atoms with Crippen molar-refractivity contribution in [2.75, 3.05) is 0 Å². The lowest BCUT2D eigenvalue weighted by atomic mass is 10.2. The molecular weight excluding hydrogens is 344 g/mol. The van der Waals surface area contributed by atoms with Gasteiger partial charge in [0.15, 0.2) is 6.10 Å². The molecule has 1 atom stereocenters. The summed E-state index contributed by atoms with van der Waals surface area (Å²) in [4.78, 5) is 16.6. The van der Waals surface area contributed by atoms with Crippen LogP contribution in [0.15, 0.2) is 59.0 Å². The molecule has 0 bridgehead atoms. The number of benzene rings is 2. The predicted octanol–water partition coefficient (Wildman–Crippen LogP) is 4.03. The molecule has 6 heteroatoms. The van der Waals surface area contributed by atoms with Crippen LogP contribution in [-0.2, 0) is 16.1 Å². The number of nitrogens with zero attached hydrogens (tertiary/aromatic N) is 2. The Kier molecular flexibility index (Phi) is 5.53. The van der Waals surface area contributed by atoms with Crippen LogP contribution in [0.5, 0.6) is 5.75 Å². The summed E-state index contributed by atoms with van der Waals surface area (Å²) in [6.07, 6.45) is -0.793. The minimum atomic E-state index is -0.793. The predicted molar refractivity (Wildman–Crippen MR) is 97.7 cm³/mol. The number of hydrogen-bond donors (Lipinski definition) is 0. The molecule has 3 rings (SSSR count). The van der Waals surface area contributed by atoms with E-state index >= 15 is 0 Å². The van der Waals surface area contributed by atoms with Crippen LogP contribution in [0.3, 0.4) is 0 Å². The van der Waals surface area contributed by atoms with Crippen LogP contribution in [0.4, 0.5) is 0 Å². The van der Waals surface area contributed by atoms with Crippen molar-refractivity contribution in [3.63, 3.8) is 0 Å². The second-order valence-corrected chi connectivity index (χ2v) is 5.89. The molecule has 0 spiro atoms. The highest BCUT2D eigenvalue weighted by Gasteiger charge is 2.19. The molecule has 0 saturated heterocycles. The monoisotopic (exact) mass is 362 g/mol. The maximum absolute atomic E-state index is 12.2. The van der Waals surface area contributed by atoms with E-state index in [0.29, 0.717) is 28.7 Å². The molecule has 0 fully saturated rings. The van der Waals surface area contributed by atoms with Crippen molar-refractivity contribution in [3.8, 4) is 23.3 Å². The second kappa shape index (κ2) is 8.19. The normalized spacial score (nSPS) is 11.4. The Balaban J connectivity index is 1.58. The Labute approximate surface area is 157 Å². The molecule has 0 saturated carbocycles. The van der Waals surface area contributed by atoms with Crippen LogP contribution in [-0.4, -0.2) is 17.1 Å². The molecular formula is C21H18N2O4. The largest absolute Gasteiger partial charge is 0.479 e. The van der Waals surface area contributed by atoms with Gasteiger partial charge < -0.3 is 13.9 Å². The first kappa shape index (κ1) is 18.2. The van der Waals surface area contributed by atoms with Crippen LogP contribution in [0, 0.1) is 18.3 Å². The highest BCUT2D eigenvalue weighted by Crippen LogP contribution is 2.22. The minimum absolute atomic E-state index is 0.00205. The van der Waals surface area contributed by atoms with E-state index in [4.69, 9.17) is 19.2 Å². The van der Waals surface area contributed by atoms with Gasteiger partial charge in [0, 0.05) is 5.56 Å². The zero-order valence-electron chi connectivity index (χ0n) is 15.0. The maximum Gasteiger partial charge on any atom is 0.347 e. The number of aromatic nitrogens is 1. The number of nitriles is 1.